The summed E-state index contributed by atoms with van der Waals surface area (Å²) in [6, 6.07) is 5.98. The molecule has 21 heavy (non-hydrogen) atoms. The lowest BCUT2D eigenvalue weighted by atomic mass is 10.2. The first-order valence-electron chi connectivity index (χ1n) is 6.54. The molecule has 0 unspecified atom stereocenters. The Balaban J connectivity index is 1.66. The van der Waals surface area contributed by atoms with E-state index in [-0.39, 0.29) is 0 Å². The van der Waals surface area contributed by atoms with Gasteiger partial charge in [0, 0.05) is 23.5 Å². The third-order valence-corrected chi connectivity index (χ3v) is 5.14. The first kappa shape index (κ1) is 14.3. The number of aromatic nitrogens is 3. The van der Waals surface area contributed by atoms with Gasteiger partial charge in [-0.25, -0.2) is 4.98 Å². The summed E-state index contributed by atoms with van der Waals surface area (Å²) in [4.78, 5) is 9.78. The fraction of sp³-hybridized carbons (Fsp3) is 0.200. The van der Waals surface area contributed by atoms with Crippen LogP contribution in [0, 0.1) is 6.92 Å². The third-order valence-electron chi connectivity index (χ3n) is 3.04. The highest BCUT2D eigenvalue weighted by atomic mass is 32.2. The maximum absolute atomic E-state index is 5.37. The van der Waals surface area contributed by atoms with Gasteiger partial charge < -0.3 is 4.42 Å². The zero-order valence-electron chi connectivity index (χ0n) is 11.6. The second-order valence-corrected chi connectivity index (χ2v) is 6.43. The van der Waals surface area contributed by atoms with Crippen LogP contribution >= 0.6 is 23.7 Å². The van der Waals surface area contributed by atoms with Gasteiger partial charge in [0.2, 0.25) is 0 Å². The second-order valence-electron chi connectivity index (χ2n) is 4.44. The molecule has 0 amide bonds. The van der Waals surface area contributed by atoms with Crippen molar-refractivity contribution in [3.05, 3.63) is 66.4 Å². The zero-order chi connectivity index (χ0) is 14.5. The summed E-state index contributed by atoms with van der Waals surface area (Å²) < 4.78 is 7.36. The molecule has 4 nitrogen and oxygen atoms in total. The van der Waals surface area contributed by atoms with Gasteiger partial charge in [0.15, 0.2) is 0 Å². The minimum Gasteiger partial charge on any atom is -0.468 e. The predicted molar refractivity (Wildman–Crippen MR) is 86.2 cm³/mol. The summed E-state index contributed by atoms with van der Waals surface area (Å²) in [5.74, 6) is 2.66. The molecule has 0 saturated heterocycles. The average Bonchev–Trinajstić information content (AvgIpc) is 3.18. The molecule has 108 valence electrons. The molecule has 0 fully saturated rings. The molecule has 0 spiro atoms. The molecule has 3 rings (SSSR count). The second kappa shape index (κ2) is 6.87. The van der Waals surface area contributed by atoms with Gasteiger partial charge in [0.1, 0.15) is 12.1 Å². The van der Waals surface area contributed by atoms with E-state index in [0.717, 1.165) is 23.0 Å². The minimum atomic E-state index is 0.831. The monoisotopic (exact) mass is 317 g/mol. The minimum absolute atomic E-state index is 0.831. The molecule has 0 N–H and O–H groups in total. The van der Waals surface area contributed by atoms with E-state index in [1.165, 1.54) is 10.5 Å². The maximum Gasteiger partial charge on any atom is 0.113 e. The number of hydrogen-bond acceptors (Lipinski definition) is 5. The van der Waals surface area contributed by atoms with Crippen LogP contribution in [0.2, 0.25) is 0 Å². The molecule has 0 aliphatic heterocycles. The Labute approximate surface area is 132 Å². The van der Waals surface area contributed by atoms with Gasteiger partial charge in [0.25, 0.3) is 0 Å². The Bertz CT molecular complexity index is 625. The van der Waals surface area contributed by atoms with E-state index in [0.29, 0.717) is 0 Å². The van der Waals surface area contributed by atoms with Gasteiger partial charge in [-0.2, -0.15) is 0 Å². The summed E-state index contributed by atoms with van der Waals surface area (Å²) >= 11 is 3.46. The van der Waals surface area contributed by atoms with E-state index in [1.54, 1.807) is 42.5 Å². The Kier molecular flexibility index (Phi) is 4.67. The third kappa shape index (κ3) is 3.71. The normalized spacial score (nSPS) is 10.9. The van der Waals surface area contributed by atoms with Crippen molar-refractivity contribution in [3.63, 3.8) is 0 Å². The van der Waals surface area contributed by atoms with Crippen LogP contribution in [0.25, 0.3) is 0 Å². The van der Waals surface area contributed by atoms with Crippen LogP contribution in [0.1, 0.15) is 17.0 Å². The molecule has 0 radical (unpaired) electrons. The molecule has 0 aromatic carbocycles. The molecule has 0 aliphatic rings. The number of pyridine rings is 1. The van der Waals surface area contributed by atoms with Gasteiger partial charge in [-0.3, -0.25) is 8.96 Å². The molecule has 0 atom stereocenters. The summed E-state index contributed by atoms with van der Waals surface area (Å²) in [5, 5.41) is 0. The predicted octanol–water partition coefficient (Wildman–Crippen LogP) is 4.17. The summed E-state index contributed by atoms with van der Waals surface area (Å²) in [7, 11) is 0. The number of furan rings is 1. The van der Waals surface area contributed by atoms with Crippen molar-refractivity contribution in [2.75, 3.05) is 0 Å². The number of imidazole rings is 1. The van der Waals surface area contributed by atoms with Crippen LogP contribution in [0.3, 0.4) is 0 Å². The fourth-order valence-electron chi connectivity index (χ4n) is 1.86. The highest BCUT2D eigenvalue weighted by Gasteiger charge is 2.08. The van der Waals surface area contributed by atoms with Gasteiger partial charge in [-0.1, -0.05) is 0 Å². The lowest BCUT2D eigenvalue weighted by Gasteiger charge is -2.09. The number of nitrogens with zero attached hydrogens (tertiary/aromatic N) is 3. The van der Waals surface area contributed by atoms with Crippen molar-refractivity contribution in [3.8, 4) is 0 Å². The molecule has 6 heteroatoms. The molecule has 3 heterocycles. The Morgan fingerprint density at radius 2 is 2.19 bits per heavy atom. The van der Waals surface area contributed by atoms with Crippen molar-refractivity contribution in [1.29, 1.82) is 0 Å². The van der Waals surface area contributed by atoms with Crippen LogP contribution < -0.4 is 0 Å². The van der Waals surface area contributed by atoms with E-state index in [2.05, 4.69) is 23.0 Å². The van der Waals surface area contributed by atoms with Crippen LogP contribution in [0.4, 0.5) is 0 Å². The molecule has 3 aromatic heterocycles. The van der Waals surface area contributed by atoms with Crippen LogP contribution in [-0.2, 0) is 11.5 Å². The molecular formula is C15H15N3OS2. The van der Waals surface area contributed by atoms with Gasteiger partial charge in [-0.05, 0) is 42.6 Å². The number of rotatable bonds is 6. The van der Waals surface area contributed by atoms with Crippen molar-refractivity contribution in [2.45, 2.75) is 23.3 Å². The standard InChI is InChI=1S/C15H15N3OS2/c1-12-14(10-21-18-7-6-16-11-18)17-5-4-15(12)20-9-13-3-2-8-19-13/h2-8,11H,9-10H2,1H3. The Morgan fingerprint density at radius 1 is 1.24 bits per heavy atom. The van der Waals surface area contributed by atoms with E-state index >= 15 is 0 Å². The summed E-state index contributed by atoms with van der Waals surface area (Å²) in [5.41, 5.74) is 2.35. The maximum atomic E-state index is 5.37. The highest BCUT2D eigenvalue weighted by molar-refractivity contribution is 7.98. The molecule has 0 saturated carbocycles. The van der Waals surface area contributed by atoms with E-state index in [1.807, 2.05) is 28.5 Å². The Morgan fingerprint density at radius 3 is 2.95 bits per heavy atom. The van der Waals surface area contributed by atoms with Crippen molar-refractivity contribution in [1.82, 2.24) is 13.9 Å². The number of hydrogen-bond donors (Lipinski definition) is 0. The van der Waals surface area contributed by atoms with Crippen molar-refractivity contribution >= 4 is 23.7 Å². The van der Waals surface area contributed by atoms with Gasteiger partial charge in [-0.15, -0.1) is 11.8 Å². The highest BCUT2D eigenvalue weighted by Crippen LogP contribution is 2.28. The van der Waals surface area contributed by atoms with Crippen molar-refractivity contribution < 1.29 is 4.42 Å². The number of thioether (sulfide) groups is 1. The van der Waals surface area contributed by atoms with Crippen LogP contribution in [0.15, 0.2) is 58.7 Å². The fourth-order valence-corrected chi connectivity index (χ4v) is 3.64. The first-order valence-corrected chi connectivity index (χ1v) is 8.46. The smallest absolute Gasteiger partial charge is 0.113 e. The van der Waals surface area contributed by atoms with E-state index in [4.69, 9.17) is 4.42 Å². The SMILES string of the molecule is Cc1c(SCc2ccco2)ccnc1CSn1ccnc1. The summed E-state index contributed by atoms with van der Waals surface area (Å²) in [6.45, 7) is 2.13. The lowest BCUT2D eigenvalue weighted by Crippen LogP contribution is -1.95. The quantitative estimate of drug-likeness (QED) is 0.638. The van der Waals surface area contributed by atoms with Crippen molar-refractivity contribution in [2.24, 2.45) is 0 Å². The van der Waals surface area contributed by atoms with Crippen LogP contribution in [0.5, 0.6) is 0 Å². The largest absolute Gasteiger partial charge is 0.468 e. The first-order chi connectivity index (χ1) is 10.3. The average molecular weight is 317 g/mol. The molecule has 0 aliphatic carbocycles. The lowest BCUT2D eigenvalue weighted by molar-refractivity contribution is 0.530. The topological polar surface area (TPSA) is 43.9 Å². The van der Waals surface area contributed by atoms with Crippen LogP contribution in [-0.4, -0.2) is 13.9 Å². The molecular weight excluding hydrogens is 302 g/mol. The zero-order valence-corrected chi connectivity index (χ0v) is 13.2. The van der Waals surface area contributed by atoms with Gasteiger partial charge in [0.05, 0.1) is 23.5 Å². The van der Waals surface area contributed by atoms with E-state index < -0.39 is 0 Å². The summed E-state index contributed by atoms with van der Waals surface area (Å²) in [6.07, 6.45) is 9.11. The molecule has 3 aromatic rings. The molecule has 0 bridgehead atoms. The van der Waals surface area contributed by atoms with E-state index in [9.17, 15) is 0 Å². The Hall–Kier alpha value is -1.66. The van der Waals surface area contributed by atoms with Gasteiger partial charge >= 0.3 is 0 Å².